The molecule has 15 nitrogen and oxygen atoms in total. The summed E-state index contributed by atoms with van der Waals surface area (Å²) in [6.07, 6.45) is -2.23. The number of hydrogen-bond acceptors (Lipinski definition) is 9. The van der Waals surface area contributed by atoms with Crippen molar-refractivity contribution in [3.63, 3.8) is 0 Å². The number of aromatic nitrogens is 3. The molecule has 0 saturated carbocycles. The number of urea groups is 1. The van der Waals surface area contributed by atoms with Crippen molar-refractivity contribution in [2.24, 2.45) is 11.8 Å². The van der Waals surface area contributed by atoms with Crippen LogP contribution in [0.1, 0.15) is 56.3 Å². The van der Waals surface area contributed by atoms with Crippen molar-refractivity contribution in [2.45, 2.75) is 58.6 Å². The summed E-state index contributed by atoms with van der Waals surface area (Å²) in [6.45, 7) is 8.30. The fraction of sp³-hybridized carbons (Fsp3) is 0.385. The van der Waals surface area contributed by atoms with Crippen LogP contribution in [0.3, 0.4) is 0 Å². The zero-order valence-electron chi connectivity index (χ0n) is 32.6. The summed E-state index contributed by atoms with van der Waals surface area (Å²) >= 11 is 6.52. The predicted molar refractivity (Wildman–Crippen MR) is 211 cm³/mol. The molecule has 0 spiro atoms. The van der Waals surface area contributed by atoms with E-state index in [1.54, 1.807) is 48.4 Å². The second kappa shape index (κ2) is 18.5. The van der Waals surface area contributed by atoms with Gasteiger partial charge in [-0.2, -0.15) is 0 Å². The van der Waals surface area contributed by atoms with Gasteiger partial charge in [0.2, 0.25) is 5.91 Å². The molecule has 5 rings (SSSR count). The van der Waals surface area contributed by atoms with Gasteiger partial charge in [-0.25, -0.2) is 19.6 Å². The molecule has 0 unspecified atom stereocenters. The zero-order chi connectivity index (χ0) is 42.3. The highest BCUT2D eigenvalue weighted by Crippen LogP contribution is 2.41. The Morgan fingerprint density at radius 1 is 1.00 bits per heavy atom. The van der Waals surface area contributed by atoms with Crippen molar-refractivity contribution in [2.75, 3.05) is 37.9 Å². The Kier molecular flexibility index (Phi) is 13.7. The maximum absolute atomic E-state index is 13.7. The van der Waals surface area contributed by atoms with Crippen LogP contribution in [0.15, 0.2) is 60.9 Å². The van der Waals surface area contributed by atoms with Gasteiger partial charge in [-0.1, -0.05) is 56.6 Å². The molecule has 6 N–H and O–H groups in total. The van der Waals surface area contributed by atoms with Gasteiger partial charge in [-0.05, 0) is 54.5 Å². The van der Waals surface area contributed by atoms with Gasteiger partial charge >= 0.3 is 18.5 Å². The zero-order valence-corrected chi connectivity index (χ0v) is 33.3. The number of imidazole rings is 1. The molecule has 1 aliphatic heterocycles. The fourth-order valence-corrected chi connectivity index (χ4v) is 6.64. The fourth-order valence-electron chi connectivity index (χ4n) is 6.42. The minimum atomic E-state index is -5.06. The number of nitrogens with zero attached hydrogens (tertiary/aromatic N) is 3. The second-order valence-corrected chi connectivity index (χ2v) is 14.6. The van der Waals surface area contributed by atoms with Crippen LogP contribution in [-0.2, 0) is 9.53 Å². The van der Waals surface area contributed by atoms with Crippen molar-refractivity contribution < 1.29 is 41.8 Å². The standard InChI is InChI=1S/C39H45ClF3N9O6/c1-20(2)33(51-38(56)57-6)36(54)52-19-21(3)13-30(52)34-47-18-29(49-34)24-9-7-23(8-10-24)26-14-27(40)28(15-31(26)58-39(41,42)43)50-35(53)25-11-12-32(46-17-25)45-16-22(4)48-37(55)44-5/h7-12,14-15,17-18,20-22,30,33H,13,16,19H2,1-6H3,(H,45,46)(H,47,49)(H,50,53)(H,51,56)(H2,44,48,55)/t21-,22-,30-,33-/m0/s1. The number of halogens is 4. The molecule has 0 aliphatic carbocycles. The smallest absolute Gasteiger partial charge is 0.453 e. The summed E-state index contributed by atoms with van der Waals surface area (Å²) < 4.78 is 50.1. The Hall–Kier alpha value is -6.04. The van der Waals surface area contributed by atoms with Crippen molar-refractivity contribution >= 4 is 47.0 Å². The molecule has 19 heteroatoms. The summed E-state index contributed by atoms with van der Waals surface area (Å²) in [7, 11) is 2.73. The van der Waals surface area contributed by atoms with Crippen LogP contribution in [-0.4, -0.2) is 89.5 Å². The van der Waals surface area contributed by atoms with Crippen molar-refractivity contribution in [3.05, 3.63) is 77.3 Å². The van der Waals surface area contributed by atoms with E-state index in [2.05, 4.69) is 46.3 Å². The quantitative estimate of drug-likeness (QED) is 0.0827. The number of carbonyl (C=O) groups is 4. The number of anilines is 2. The first-order valence-electron chi connectivity index (χ1n) is 18.4. The number of benzene rings is 2. The van der Waals surface area contributed by atoms with Crippen LogP contribution in [0.4, 0.5) is 34.3 Å². The number of carbonyl (C=O) groups excluding carboxylic acids is 4. The molecular weight excluding hydrogens is 783 g/mol. The molecule has 1 aliphatic rings. The Balaban J connectivity index is 1.32. The molecule has 2 aromatic heterocycles. The van der Waals surface area contributed by atoms with Gasteiger partial charge < -0.3 is 45.9 Å². The molecule has 2 aromatic carbocycles. The highest BCUT2D eigenvalue weighted by Gasteiger charge is 2.40. The van der Waals surface area contributed by atoms with Crippen LogP contribution in [0, 0.1) is 11.8 Å². The van der Waals surface area contributed by atoms with Crippen molar-refractivity contribution in [3.8, 4) is 28.1 Å². The Morgan fingerprint density at radius 3 is 2.33 bits per heavy atom. The molecule has 310 valence electrons. The first-order valence-corrected chi connectivity index (χ1v) is 18.7. The number of likely N-dealkylation sites (tertiary alicyclic amines) is 1. The summed E-state index contributed by atoms with van der Waals surface area (Å²) in [4.78, 5) is 64.0. The lowest BCUT2D eigenvalue weighted by Gasteiger charge is -2.30. The number of amides is 5. The largest absolute Gasteiger partial charge is 0.573 e. The molecule has 4 atom stereocenters. The van der Waals surface area contributed by atoms with Gasteiger partial charge in [0.15, 0.2) is 0 Å². The molecule has 4 aromatic rings. The van der Waals surface area contributed by atoms with Crippen LogP contribution < -0.4 is 31.3 Å². The molecule has 1 saturated heterocycles. The lowest BCUT2D eigenvalue weighted by molar-refractivity contribution is -0.274. The first kappa shape index (κ1) is 43.1. The first-order chi connectivity index (χ1) is 27.5. The van der Waals surface area contributed by atoms with Crippen molar-refractivity contribution in [1.82, 2.24) is 35.8 Å². The van der Waals surface area contributed by atoms with Gasteiger partial charge in [0.05, 0.1) is 41.3 Å². The van der Waals surface area contributed by atoms with E-state index in [0.29, 0.717) is 48.0 Å². The third-order valence-corrected chi connectivity index (χ3v) is 9.68. The number of nitrogens with one attached hydrogen (secondary N) is 6. The third kappa shape index (κ3) is 10.9. The number of ether oxygens (including phenoxy) is 2. The van der Waals surface area contributed by atoms with Gasteiger partial charge in [-0.15, -0.1) is 13.2 Å². The summed E-state index contributed by atoms with van der Waals surface area (Å²) in [5.74, 6) is -0.585. The second-order valence-electron chi connectivity index (χ2n) is 14.2. The van der Waals surface area contributed by atoms with E-state index in [1.807, 2.05) is 20.8 Å². The SMILES string of the molecule is CNC(=O)N[C@@H](C)CNc1ccc(C(=O)Nc2cc(OC(F)(F)F)c(-c3ccc(-c4cnc([C@@H]5C[C@H](C)CN5C(=O)[C@@H](NC(=O)OC)C(C)C)[nH]4)cc3)cc2Cl)cn1. The topological polar surface area (TPSA) is 192 Å². The lowest BCUT2D eigenvalue weighted by Crippen LogP contribution is -2.51. The number of methoxy groups -OCH3 is 1. The molecule has 0 radical (unpaired) electrons. The summed E-state index contributed by atoms with van der Waals surface area (Å²) in [5, 5.41) is 13.3. The normalized spacial score (nSPS) is 16.3. The number of pyridine rings is 1. The summed E-state index contributed by atoms with van der Waals surface area (Å²) in [5.41, 5.74) is 1.61. The number of hydrogen-bond donors (Lipinski definition) is 6. The predicted octanol–water partition coefficient (Wildman–Crippen LogP) is 6.96. The maximum Gasteiger partial charge on any atom is 0.573 e. The van der Waals surface area contributed by atoms with Crippen LogP contribution in [0.2, 0.25) is 5.02 Å². The average molecular weight is 828 g/mol. The van der Waals surface area contributed by atoms with Gasteiger partial charge in [-0.3, -0.25) is 9.59 Å². The average Bonchev–Trinajstić information content (AvgIpc) is 3.83. The van der Waals surface area contributed by atoms with E-state index in [9.17, 15) is 32.3 Å². The van der Waals surface area contributed by atoms with Gasteiger partial charge in [0.25, 0.3) is 5.91 Å². The van der Waals surface area contributed by atoms with Crippen LogP contribution in [0.5, 0.6) is 5.75 Å². The van der Waals surface area contributed by atoms with Crippen molar-refractivity contribution in [1.29, 1.82) is 0 Å². The minimum Gasteiger partial charge on any atom is -0.453 e. The number of alkyl halides is 3. The molecule has 0 bridgehead atoms. The number of rotatable bonds is 13. The van der Waals surface area contributed by atoms with E-state index in [-0.39, 0.29) is 57.7 Å². The Bertz CT molecular complexity index is 2100. The molecule has 3 heterocycles. The van der Waals surface area contributed by atoms with E-state index < -0.39 is 30.2 Å². The molecule has 5 amide bonds. The Morgan fingerprint density at radius 2 is 1.71 bits per heavy atom. The number of aromatic amines is 1. The van der Waals surface area contributed by atoms with Crippen LogP contribution >= 0.6 is 11.6 Å². The third-order valence-electron chi connectivity index (χ3n) is 9.37. The maximum atomic E-state index is 13.7. The summed E-state index contributed by atoms with van der Waals surface area (Å²) in [6, 6.07) is 10.1. The molecule has 1 fully saturated rings. The molecule has 58 heavy (non-hydrogen) atoms. The van der Waals surface area contributed by atoms with Gasteiger partial charge in [0, 0.05) is 44.0 Å². The van der Waals surface area contributed by atoms with E-state index in [0.717, 1.165) is 6.07 Å². The number of H-pyrrole nitrogens is 1. The van der Waals surface area contributed by atoms with E-state index in [4.69, 9.17) is 16.3 Å². The minimum absolute atomic E-state index is 0.0174. The Labute approximate surface area is 337 Å². The van der Waals surface area contributed by atoms with E-state index in [1.165, 1.54) is 32.5 Å². The molecular formula is C39H45ClF3N9O6. The number of alkyl carbamates (subject to hydrolysis) is 1. The monoisotopic (exact) mass is 827 g/mol. The lowest BCUT2D eigenvalue weighted by atomic mass is 10.0. The highest BCUT2D eigenvalue weighted by atomic mass is 35.5. The van der Waals surface area contributed by atoms with Crippen LogP contribution in [0.25, 0.3) is 22.4 Å². The van der Waals surface area contributed by atoms with Gasteiger partial charge in [0.1, 0.15) is 23.4 Å². The van der Waals surface area contributed by atoms with E-state index >= 15 is 0 Å². The highest BCUT2D eigenvalue weighted by molar-refractivity contribution is 6.34.